The summed E-state index contributed by atoms with van der Waals surface area (Å²) in [5.41, 5.74) is 5.43. The molecule has 2 aromatic heterocycles. The molecule has 0 radical (unpaired) electrons. The Kier molecular flexibility index (Phi) is 4.68. The van der Waals surface area contributed by atoms with Gasteiger partial charge in [-0.05, 0) is 38.3 Å². The van der Waals surface area contributed by atoms with Crippen molar-refractivity contribution in [3.8, 4) is 11.3 Å². The average Bonchev–Trinajstić information content (AvgIpc) is 3.29. The first kappa shape index (κ1) is 18.1. The lowest BCUT2D eigenvalue weighted by Gasteiger charge is -2.07. The fourth-order valence-electron chi connectivity index (χ4n) is 3.97. The number of imidazole rings is 1. The van der Waals surface area contributed by atoms with Crippen LogP contribution in [0.3, 0.4) is 0 Å². The van der Waals surface area contributed by atoms with E-state index in [4.69, 9.17) is 4.74 Å². The van der Waals surface area contributed by atoms with E-state index in [1.807, 2.05) is 29.5 Å². The normalized spacial score (nSPS) is 13.4. The molecule has 0 fully saturated rings. The summed E-state index contributed by atoms with van der Waals surface area (Å²) in [5.74, 6) is -0.298. The second-order valence-electron chi connectivity index (χ2n) is 7.57. The summed E-state index contributed by atoms with van der Waals surface area (Å²) in [4.78, 5) is 15.1. The van der Waals surface area contributed by atoms with Gasteiger partial charge in [0.25, 0.3) is 0 Å². The Morgan fingerprint density at radius 1 is 1.07 bits per heavy atom. The van der Waals surface area contributed by atoms with Gasteiger partial charge in [0.15, 0.2) is 5.69 Å². The molecule has 0 amide bonds. The highest BCUT2D eigenvalue weighted by atomic mass is 32.1. The van der Waals surface area contributed by atoms with E-state index in [1.165, 1.54) is 29.0 Å². The van der Waals surface area contributed by atoms with Gasteiger partial charge < -0.3 is 4.74 Å². The third-order valence-corrected chi connectivity index (χ3v) is 6.84. The molecule has 5 rings (SSSR count). The van der Waals surface area contributed by atoms with Crippen LogP contribution >= 0.6 is 11.3 Å². The van der Waals surface area contributed by atoms with Crippen molar-refractivity contribution in [2.75, 3.05) is 0 Å². The van der Waals surface area contributed by atoms with E-state index in [1.54, 1.807) is 12.1 Å². The van der Waals surface area contributed by atoms with Gasteiger partial charge in [0, 0.05) is 12.0 Å². The average molecular weight is 404 g/mol. The van der Waals surface area contributed by atoms with Crippen molar-refractivity contribution < 1.29 is 14.1 Å². The third kappa shape index (κ3) is 3.36. The molecule has 0 N–H and O–H groups in total. The van der Waals surface area contributed by atoms with Crippen LogP contribution in [0.2, 0.25) is 0 Å². The molecule has 1 aliphatic carbocycles. The fourth-order valence-corrected chi connectivity index (χ4v) is 5.28. The van der Waals surface area contributed by atoms with Crippen molar-refractivity contribution in [3.05, 3.63) is 82.5 Å². The number of ether oxygens (including phenoxy) is 1. The SMILES string of the molecule is Cc1ccc(-c2cn3c4c(sc3[n+]2COC(=O)c2ccccc2)CCCC4)cc1. The first-order chi connectivity index (χ1) is 14.2. The zero-order valence-electron chi connectivity index (χ0n) is 16.4. The van der Waals surface area contributed by atoms with Gasteiger partial charge in [-0.2, -0.15) is 8.97 Å². The molecule has 5 heteroatoms. The predicted molar refractivity (Wildman–Crippen MR) is 114 cm³/mol. The first-order valence-electron chi connectivity index (χ1n) is 10.1. The zero-order chi connectivity index (χ0) is 19.8. The van der Waals surface area contributed by atoms with E-state index >= 15 is 0 Å². The van der Waals surface area contributed by atoms with Gasteiger partial charge in [-0.15, -0.1) is 0 Å². The molecule has 146 valence electrons. The number of benzene rings is 2. The van der Waals surface area contributed by atoms with Crippen molar-refractivity contribution in [1.29, 1.82) is 0 Å². The van der Waals surface area contributed by atoms with Crippen molar-refractivity contribution in [2.45, 2.75) is 39.3 Å². The van der Waals surface area contributed by atoms with E-state index in [0.717, 1.165) is 29.1 Å². The molecule has 0 spiro atoms. The lowest BCUT2D eigenvalue weighted by molar-refractivity contribution is -0.691. The minimum absolute atomic E-state index is 0.201. The topological polar surface area (TPSA) is 34.6 Å². The molecule has 0 bridgehead atoms. The maximum absolute atomic E-state index is 12.5. The Morgan fingerprint density at radius 3 is 2.62 bits per heavy atom. The molecular weight excluding hydrogens is 380 g/mol. The van der Waals surface area contributed by atoms with Crippen molar-refractivity contribution in [1.82, 2.24) is 4.40 Å². The first-order valence-corrected chi connectivity index (χ1v) is 10.9. The van der Waals surface area contributed by atoms with Gasteiger partial charge in [0.1, 0.15) is 11.9 Å². The number of hydrogen-bond donors (Lipinski definition) is 0. The van der Waals surface area contributed by atoms with Gasteiger partial charge >= 0.3 is 10.9 Å². The summed E-state index contributed by atoms with van der Waals surface area (Å²) in [6, 6.07) is 17.7. The van der Waals surface area contributed by atoms with Crippen LogP contribution < -0.4 is 4.57 Å². The maximum atomic E-state index is 12.5. The molecule has 0 aliphatic heterocycles. The van der Waals surface area contributed by atoms with Gasteiger partial charge in [0.2, 0.25) is 6.73 Å². The Bertz CT molecular complexity index is 1170. The van der Waals surface area contributed by atoms with Crippen molar-refractivity contribution in [2.24, 2.45) is 0 Å². The predicted octanol–water partition coefficient (Wildman–Crippen LogP) is 4.96. The number of carbonyl (C=O) groups is 1. The summed E-state index contributed by atoms with van der Waals surface area (Å²) >= 11 is 1.83. The quantitative estimate of drug-likeness (QED) is 0.357. The minimum atomic E-state index is -0.298. The molecule has 1 aliphatic rings. The molecule has 2 heterocycles. The largest absolute Gasteiger partial charge is 0.421 e. The molecule has 0 saturated carbocycles. The molecule has 0 atom stereocenters. The second kappa shape index (κ2) is 7.48. The summed E-state index contributed by atoms with van der Waals surface area (Å²) in [6.45, 7) is 2.29. The summed E-state index contributed by atoms with van der Waals surface area (Å²) in [6.07, 6.45) is 6.95. The van der Waals surface area contributed by atoms with E-state index < -0.39 is 0 Å². The second-order valence-corrected chi connectivity index (χ2v) is 8.63. The summed E-state index contributed by atoms with van der Waals surface area (Å²) in [7, 11) is 0. The van der Waals surface area contributed by atoms with Gasteiger partial charge in [-0.25, -0.2) is 4.79 Å². The molecule has 29 heavy (non-hydrogen) atoms. The van der Waals surface area contributed by atoms with Crippen molar-refractivity contribution in [3.63, 3.8) is 0 Å². The molecule has 0 unspecified atom stereocenters. The fraction of sp³-hybridized carbons (Fsp3) is 0.250. The minimum Gasteiger partial charge on any atom is -0.421 e. The Balaban J connectivity index is 1.55. The molecule has 0 saturated heterocycles. The van der Waals surface area contributed by atoms with Gasteiger partial charge in [0.05, 0.1) is 10.4 Å². The van der Waals surface area contributed by atoms with Crippen LogP contribution in [0.1, 0.15) is 39.3 Å². The number of carbonyl (C=O) groups excluding carboxylic acids is 1. The third-order valence-electron chi connectivity index (χ3n) is 5.56. The highest BCUT2D eigenvalue weighted by Crippen LogP contribution is 2.31. The molecular formula is C24H23N2O2S+. The van der Waals surface area contributed by atoms with Crippen LogP contribution in [-0.4, -0.2) is 10.4 Å². The van der Waals surface area contributed by atoms with Gasteiger partial charge in [-0.3, -0.25) is 0 Å². The van der Waals surface area contributed by atoms with E-state index in [9.17, 15) is 4.79 Å². The smallest absolute Gasteiger partial charge is 0.349 e. The summed E-state index contributed by atoms with van der Waals surface area (Å²) < 4.78 is 10.2. The van der Waals surface area contributed by atoms with Crippen LogP contribution in [0.4, 0.5) is 0 Å². The van der Waals surface area contributed by atoms with Crippen LogP contribution in [0.25, 0.3) is 16.2 Å². The highest BCUT2D eigenvalue weighted by Gasteiger charge is 2.29. The maximum Gasteiger partial charge on any atom is 0.349 e. The molecule has 4 aromatic rings. The van der Waals surface area contributed by atoms with Crippen LogP contribution in [0.5, 0.6) is 0 Å². The van der Waals surface area contributed by atoms with Crippen molar-refractivity contribution >= 4 is 22.3 Å². The lowest BCUT2D eigenvalue weighted by atomic mass is 10.0. The number of thiazole rings is 1. The number of hydrogen-bond acceptors (Lipinski definition) is 3. The zero-order valence-corrected chi connectivity index (χ0v) is 17.2. The summed E-state index contributed by atoms with van der Waals surface area (Å²) in [5, 5.41) is 0. The number of aryl methyl sites for hydroxylation is 3. The van der Waals surface area contributed by atoms with Crippen LogP contribution in [0, 0.1) is 6.92 Å². The van der Waals surface area contributed by atoms with E-state index in [-0.39, 0.29) is 12.7 Å². The monoisotopic (exact) mass is 403 g/mol. The number of aromatic nitrogens is 2. The van der Waals surface area contributed by atoms with Crippen LogP contribution in [0.15, 0.2) is 60.8 Å². The number of nitrogens with zero attached hydrogens (tertiary/aromatic N) is 2. The Morgan fingerprint density at radius 2 is 1.83 bits per heavy atom. The Hall–Kier alpha value is -2.92. The standard InChI is InChI=1S/C24H23N2O2S/c1-17-11-13-18(14-12-17)21-15-25-20-9-5-6-10-22(20)29-24(25)26(21)16-28-23(27)19-7-3-2-4-8-19/h2-4,7-8,11-15H,5-6,9-10,16H2,1H3/q+1. The van der Waals surface area contributed by atoms with E-state index in [2.05, 4.69) is 46.4 Å². The highest BCUT2D eigenvalue weighted by molar-refractivity contribution is 7.16. The van der Waals surface area contributed by atoms with E-state index in [0.29, 0.717) is 5.56 Å². The number of fused-ring (bicyclic) bond motifs is 3. The Labute approximate surface area is 174 Å². The molecule has 2 aromatic carbocycles. The molecule has 4 nitrogen and oxygen atoms in total. The van der Waals surface area contributed by atoms with Crippen LogP contribution in [-0.2, 0) is 24.3 Å². The lowest BCUT2D eigenvalue weighted by Crippen LogP contribution is -2.37. The van der Waals surface area contributed by atoms with Gasteiger partial charge in [-0.1, -0.05) is 59.4 Å². The number of esters is 1. The number of rotatable bonds is 4.